The molecule has 0 radical (unpaired) electrons. The highest BCUT2D eigenvalue weighted by molar-refractivity contribution is 8.26. The Morgan fingerprint density at radius 2 is 2.17 bits per heavy atom. The quantitative estimate of drug-likeness (QED) is 0.557. The van der Waals surface area contributed by atoms with Gasteiger partial charge in [-0.15, -0.1) is 0 Å². The number of hydrogen-bond donors (Lipinski definition) is 0. The molecule has 1 saturated heterocycles. The van der Waals surface area contributed by atoms with Gasteiger partial charge in [0.15, 0.2) is 11.5 Å². The van der Waals surface area contributed by atoms with Crippen molar-refractivity contribution in [1.29, 1.82) is 0 Å². The highest BCUT2D eigenvalue weighted by atomic mass is 32.2. The number of amides is 1. The Morgan fingerprint density at radius 3 is 2.75 bits per heavy atom. The van der Waals surface area contributed by atoms with Crippen LogP contribution in [0.15, 0.2) is 23.1 Å². The monoisotopic (exact) mass is 366 g/mol. The number of ether oxygens (including phenoxy) is 2. The maximum atomic E-state index is 12.4. The van der Waals surface area contributed by atoms with Crippen LogP contribution >= 0.6 is 24.0 Å². The summed E-state index contributed by atoms with van der Waals surface area (Å²) < 4.78 is 10.9. The van der Waals surface area contributed by atoms with Crippen LogP contribution in [0.5, 0.6) is 11.5 Å². The molecule has 1 aromatic carbocycles. The summed E-state index contributed by atoms with van der Waals surface area (Å²) in [7, 11) is 1.53. The molecule has 0 saturated carbocycles. The second-order valence-corrected chi connectivity index (χ2v) is 6.57. The summed E-state index contributed by atoms with van der Waals surface area (Å²) in [5, 5.41) is 11.0. The average Bonchev–Trinajstić information content (AvgIpc) is 2.82. The molecular formula is C16H16NO5S2-. The van der Waals surface area contributed by atoms with E-state index in [9.17, 15) is 14.7 Å². The van der Waals surface area contributed by atoms with Gasteiger partial charge >= 0.3 is 0 Å². The van der Waals surface area contributed by atoms with Crippen molar-refractivity contribution in [2.45, 2.75) is 19.9 Å². The highest BCUT2D eigenvalue weighted by Gasteiger charge is 2.35. The van der Waals surface area contributed by atoms with Crippen molar-refractivity contribution < 1.29 is 24.2 Å². The van der Waals surface area contributed by atoms with E-state index in [0.29, 0.717) is 23.0 Å². The fourth-order valence-electron chi connectivity index (χ4n) is 2.12. The molecule has 1 amide bonds. The summed E-state index contributed by atoms with van der Waals surface area (Å²) >= 11 is 6.16. The molecule has 2 rings (SSSR count). The predicted octanol–water partition coefficient (Wildman–Crippen LogP) is 1.43. The Bertz CT molecular complexity index is 716. The van der Waals surface area contributed by atoms with Crippen LogP contribution in [0.25, 0.3) is 6.08 Å². The normalized spacial score (nSPS) is 17.3. The number of carboxylic acid groups (broad SMARTS) is 1. The third kappa shape index (κ3) is 3.70. The number of rotatable bonds is 6. The molecule has 1 heterocycles. The topological polar surface area (TPSA) is 78.9 Å². The van der Waals surface area contributed by atoms with E-state index >= 15 is 0 Å². The molecule has 1 atom stereocenters. The van der Waals surface area contributed by atoms with Gasteiger partial charge in [-0.25, -0.2) is 0 Å². The first-order valence-corrected chi connectivity index (χ1v) is 8.40. The molecule has 0 aliphatic carbocycles. The number of carbonyl (C=O) groups excluding carboxylic acids is 2. The molecule has 0 aromatic heterocycles. The molecule has 1 unspecified atom stereocenters. The molecule has 8 heteroatoms. The van der Waals surface area contributed by atoms with Crippen molar-refractivity contribution in [3.8, 4) is 11.5 Å². The zero-order valence-corrected chi connectivity index (χ0v) is 15.0. The van der Waals surface area contributed by atoms with E-state index in [4.69, 9.17) is 21.7 Å². The zero-order chi connectivity index (χ0) is 17.9. The van der Waals surface area contributed by atoms with Crippen LogP contribution in [0.4, 0.5) is 0 Å². The second-order valence-electron chi connectivity index (χ2n) is 4.89. The van der Waals surface area contributed by atoms with Crippen LogP contribution in [-0.4, -0.2) is 40.9 Å². The second kappa shape index (κ2) is 7.67. The number of hydrogen-bond acceptors (Lipinski definition) is 7. The lowest BCUT2D eigenvalue weighted by Crippen LogP contribution is -2.48. The third-order valence-corrected chi connectivity index (χ3v) is 4.67. The third-order valence-electron chi connectivity index (χ3n) is 3.34. The van der Waals surface area contributed by atoms with Gasteiger partial charge in [-0.1, -0.05) is 30.0 Å². The fraction of sp³-hybridized carbons (Fsp3) is 0.312. The van der Waals surface area contributed by atoms with Gasteiger partial charge in [-0.3, -0.25) is 9.69 Å². The van der Waals surface area contributed by atoms with Gasteiger partial charge in [0.05, 0.1) is 30.6 Å². The Morgan fingerprint density at radius 1 is 1.46 bits per heavy atom. The Labute approximate surface area is 149 Å². The maximum Gasteiger partial charge on any atom is 0.266 e. The van der Waals surface area contributed by atoms with Crippen LogP contribution in [0.2, 0.25) is 0 Å². The van der Waals surface area contributed by atoms with Crippen LogP contribution < -0.4 is 14.6 Å². The summed E-state index contributed by atoms with van der Waals surface area (Å²) in [6, 6.07) is 4.15. The van der Waals surface area contributed by atoms with E-state index in [1.807, 2.05) is 6.92 Å². The number of thiocarbonyl (C=S) groups is 1. The van der Waals surface area contributed by atoms with Crippen LogP contribution in [0.1, 0.15) is 19.4 Å². The minimum Gasteiger partial charge on any atom is -0.548 e. The van der Waals surface area contributed by atoms with E-state index in [-0.39, 0.29) is 4.32 Å². The molecule has 1 aliphatic heterocycles. The summed E-state index contributed by atoms with van der Waals surface area (Å²) in [5.41, 5.74) is 0.719. The molecule has 128 valence electrons. The van der Waals surface area contributed by atoms with Crippen LogP contribution in [0, 0.1) is 0 Å². The van der Waals surface area contributed by atoms with Crippen molar-refractivity contribution in [3.63, 3.8) is 0 Å². The zero-order valence-electron chi connectivity index (χ0n) is 13.4. The molecular weight excluding hydrogens is 350 g/mol. The van der Waals surface area contributed by atoms with Gasteiger partial charge in [0.1, 0.15) is 4.32 Å². The predicted molar refractivity (Wildman–Crippen MR) is 93.6 cm³/mol. The molecule has 0 bridgehead atoms. The number of carboxylic acids is 1. The van der Waals surface area contributed by atoms with E-state index in [1.165, 1.54) is 14.0 Å². The lowest BCUT2D eigenvalue weighted by atomic mass is 10.1. The molecule has 1 aromatic rings. The number of aliphatic carboxylic acids is 1. The molecule has 24 heavy (non-hydrogen) atoms. The average molecular weight is 366 g/mol. The number of nitrogens with zero attached hydrogens (tertiary/aromatic N) is 1. The smallest absolute Gasteiger partial charge is 0.266 e. The summed E-state index contributed by atoms with van der Waals surface area (Å²) in [6.07, 6.45) is 1.64. The lowest BCUT2D eigenvalue weighted by molar-refractivity contribution is -0.309. The molecule has 1 fully saturated rings. The number of thioether (sulfide) groups is 1. The minimum absolute atomic E-state index is 0.195. The number of carbonyl (C=O) groups is 2. The molecule has 0 N–H and O–H groups in total. The van der Waals surface area contributed by atoms with Gasteiger partial charge in [0, 0.05) is 0 Å². The van der Waals surface area contributed by atoms with Crippen molar-refractivity contribution in [2.75, 3.05) is 13.7 Å². The standard InChI is InChI=1S/C16H17NO5S2/c1-4-22-11-6-5-10(7-12(11)21-3)8-13-14(18)17(16(23)24-13)9(2)15(19)20/h5-9H,4H2,1-3H3,(H,19,20)/p-1. The first-order chi connectivity index (χ1) is 11.4. The summed E-state index contributed by atoms with van der Waals surface area (Å²) in [6.45, 7) is 3.75. The summed E-state index contributed by atoms with van der Waals surface area (Å²) in [5.74, 6) is -0.649. The summed E-state index contributed by atoms with van der Waals surface area (Å²) in [4.78, 5) is 24.8. The van der Waals surface area contributed by atoms with Crippen molar-refractivity contribution >= 4 is 46.3 Å². The van der Waals surface area contributed by atoms with Crippen LogP contribution in [0.3, 0.4) is 0 Å². The van der Waals surface area contributed by atoms with Crippen LogP contribution in [-0.2, 0) is 9.59 Å². The van der Waals surface area contributed by atoms with Crippen molar-refractivity contribution in [2.24, 2.45) is 0 Å². The Hall–Kier alpha value is -2.06. The molecule has 6 nitrogen and oxygen atoms in total. The van der Waals surface area contributed by atoms with Crippen molar-refractivity contribution in [1.82, 2.24) is 4.90 Å². The van der Waals surface area contributed by atoms with Gasteiger partial charge in [0.2, 0.25) is 0 Å². The van der Waals surface area contributed by atoms with Gasteiger partial charge < -0.3 is 19.4 Å². The first-order valence-electron chi connectivity index (χ1n) is 7.17. The SMILES string of the molecule is CCOc1ccc(C=C2SC(=S)N(C(C)C(=O)[O-])C2=O)cc1OC. The van der Waals surface area contributed by atoms with Gasteiger partial charge in [0.25, 0.3) is 5.91 Å². The first kappa shape index (κ1) is 18.3. The van der Waals surface area contributed by atoms with E-state index in [2.05, 4.69) is 0 Å². The van der Waals surface area contributed by atoms with E-state index < -0.39 is 17.9 Å². The molecule has 0 spiro atoms. The number of methoxy groups -OCH3 is 1. The van der Waals surface area contributed by atoms with E-state index in [1.54, 1.807) is 24.3 Å². The largest absolute Gasteiger partial charge is 0.548 e. The Balaban J connectivity index is 2.30. The maximum absolute atomic E-state index is 12.4. The minimum atomic E-state index is -1.35. The van der Waals surface area contributed by atoms with Gasteiger partial charge in [-0.05, 0) is 37.6 Å². The number of benzene rings is 1. The Kier molecular flexibility index (Phi) is 5.84. The van der Waals surface area contributed by atoms with Crippen molar-refractivity contribution in [3.05, 3.63) is 28.7 Å². The van der Waals surface area contributed by atoms with E-state index in [0.717, 1.165) is 22.2 Å². The highest BCUT2D eigenvalue weighted by Crippen LogP contribution is 2.35. The van der Waals surface area contributed by atoms with Gasteiger partial charge in [-0.2, -0.15) is 0 Å². The lowest BCUT2D eigenvalue weighted by Gasteiger charge is -2.23. The fourth-order valence-corrected chi connectivity index (χ4v) is 3.54. The molecule has 1 aliphatic rings.